The zero-order valence-corrected chi connectivity index (χ0v) is 34.7. The Labute approximate surface area is 259 Å². The van der Waals surface area contributed by atoms with E-state index in [1.807, 2.05) is 42.5 Å². The molecule has 0 heterocycles. The van der Waals surface area contributed by atoms with E-state index in [9.17, 15) is 0 Å². The van der Waals surface area contributed by atoms with Crippen LogP contribution in [0.2, 0.25) is 0 Å². The van der Waals surface area contributed by atoms with Crippen molar-refractivity contribution in [1.29, 1.82) is 0 Å². The summed E-state index contributed by atoms with van der Waals surface area (Å²) in [4.78, 5) is 0. The average molecular weight is 1430 g/mol. The number of hydrogen-bond acceptors (Lipinski definition) is 2. The Bertz CT molecular complexity index is 467. The zero-order valence-electron chi connectivity index (χ0n) is 13.9. The number of hydrogen-bond donors (Lipinski definition) is 1. The predicted molar refractivity (Wildman–Crippen MR) is 75.8 cm³/mol. The van der Waals surface area contributed by atoms with Crippen LogP contribution in [0.4, 0.5) is 0 Å². The molecule has 0 atom stereocenters. The van der Waals surface area contributed by atoms with E-state index < -0.39 is 0 Å². The molecule has 2 nitrogen and oxygen atoms in total. The van der Waals surface area contributed by atoms with Crippen LogP contribution in [0.15, 0.2) is 42.5 Å². The smallest absolute Gasteiger partial charge is 0.124 e. The molecule has 2 rings (SSSR count). The molecule has 2 aromatic carbocycles. The molecule has 0 saturated carbocycles. The molecular formula is C16H20O2U5-2. The summed E-state index contributed by atoms with van der Waals surface area (Å²) in [7, 11) is 1.00. The van der Waals surface area contributed by atoms with Gasteiger partial charge >= 0.3 is 0 Å². The van der Waals surface area contributed by atoms with Crippen LogP contribution in [-0.2, 0) is 0 Å². The first-order valence-corrected chi connectivity index (χ1v) is 5.42. The van der Waals surface area contributed by atoms with Crippen molar-refractivity contribution in [2.75, 3.05) is 7.11 Å². The number of aryl methyl sites for hydroxylation is 2. The minimum absolute atomic E-state index is 0. The van der Waals surface area contributed by atoms with E-state index in [1.54, 1.807) is 0 Å². The van der Waals surface area contributed by atoms with Crippen molar-refractivity contribution in [3.05, 3.63) is 67.1 Å². The van der Waals surface area contributed by atoms with Crippen molar-refractivity contribution in [3.8, 4) is 11.5 Å². The van der Waals surface area contributed by atoms with Gasteiger partial charge in [-0.3, -0.25) is 0 Å². The van der Waals surface area contributed by atoms with Crippen molar-refractivity contribution < 1.29 is 165 Å². The van der Waals surface area contributed by atoms with Gasteiger partial charge in [-0.25, -0.2) is 0 Å². The summed E-state index contributed by atoms with van der Waals surface area (Å²) < 4.78 is 5.66. The maximum Gasteiger partial charge on any atom is 0.124 e. The molecule has 0 radical (unpaired) electrons. The second kappa shape index (κ2) is 25.5. The summed E-state index contributed by atoms with van der Waals surface area (Å²) in [6.45, 7) is 4.14. The number of aliphatic hydroxyl groups is 1. The van der Waals surface area contributed by atoms with E-state index >= 15 is 0 Å². The summed E-state index contributed by atoms with van der Waals surface area (Å²) in [6, 6.07) is 16.8. The molecule has 0 aliphatic rings. The van der Waals surface area contributed by atoms with E-state index in [-0.39, 0.29) is 163 Å². The molecular weight excluding hydrogens is 1410 g/mol. The van der Waals surface area contributed by atoms with E-state index in [4.69, 9.17) is 9.84 Å². The van der Waals surface area contributed by atoms with Crippen LogP contribution in [0, 0.1) is 183 Å². The number of rotatable bonds is 2. The van der Waals surface area contributed by atoms with Gasteiger partial charge in [-0.2, -0.15) is 17.2 Å². The minimum atomic E-state index is 0. The van der Waals surface area contributed by atoms with Gasteiger partial charge in [0.1, 0.15) is 5.75 Å². The topological polar surface area (TPSA) is 29.5 Å². The van der Waals surface area contributed by atoms with Gasteiger partial charge in [0.15, 0.2) is 0 Å². The second-order valence-corrected chi connectivity index (χ2v) is 3.58. The molecule has 0 amide bonds. The number of benzene rings is 2. The van der Waals surface area contributed by atoms with Crippen LogP contribution >= 0.6 is 0 Å². The Morgan fingerprint density at radius 1 is 0.826 bits per heavy atom. The number of aliphatic hydroxyl groups excluding tert-OH is 1. The first-order valence-electron chi connectivity index (χ1n) is 5.42. The van der Waals surface area contributed by atoms with Crippen molar-refractivity contribution in [2.24, 2.45) is 0 Å². The van der Waals surface area contributed by atoms with E-state index in [1.165, 1.54) is 11.1 Å². The molecule has 0 unspecified atom stereocenters. The minimum Gasteiger partial charge on any atom is -0.483 e. The quantitative estimate of drug-likeness (QED) is 0.463. The summed E-state index contributed by atoms with van der Waals surface area (Å²) in [6.07, 6.45) is 0. The van der Waals surface area contributed by atoms with Crippen molar-refractivity contribution in [1.82, 2.24) is 0 Å². The van der Waals surface area contributed by atoms with E-state index in [2.05, 4.69) is 19.9 Å². The molecule has 0 aliphatic heterocycles. The van der Waals surface area contributed by atoms with Crippen LogP contribution in [-0.4, -0.2) is 12.2 Å². The number of para-hydroxylation sites is 1. The SMILES string of the molecule is CO.Cc1c[c-]c(Oc2ccccc2)cc1C.[CH3-].[U].[U].[U].[U].[U]. The molecule has 0 aliphatic carbocycles. The maximum atomic E-state index is 7.00. The third-order valence-electron chi connectivity index (χ3n) is 2.37. The van der Waals surface area contributed by atoms with Crippen LogP contribution in [0.1, 0.15) is 11.1 Å². The molecule has 0 spiro atoms. The van der Waals surface area contributed by atoms with Crippen molar-refractivity contribution in [2.45, 2.75) is 13.8 Å². The van der Waals surface area contributed by atoms with Gasteiger partial charge in [-0.1, -0.05) is 32.0 Å². The van der Waals surface area contributed by atoms with Crippen LogP contribution in [0.25, 0.3) is 0 Å². The van der Waals surface area contributed by atoms with Gasteiger partial charge in [-0.05, 0) is 12.1 Å². The molecule has 7 heteroatoms. The Hall–Kier alpha value is 3.46. The average Bonchev–Trinajstić information content (AvgIpc) is 2.38. The van der Waals surface area contributed by atoms with Crippen LogP contribution in [0.5, 0.6) is 11.5 Å². The van der Waals surface area contributed by atoms with Gasteiger partial charge in [0.05, 0.1) is 0 Å². The Kier molecular flexibility index (Phi) is 45.4. The molecule has 23 heavy (non-hydrogen) atoms. The summed E-state index contributed by atoms with van der Waals surface area (Å²) in [5, 5.41) is 7.00. The van der Waals surface area contributed by atoms with Gasteiger partial charge in [0.2, 0.25) is 0 Å². The molecule has 2 aromatic rings. The Morgan fingerprint density at radius 2 is 1.30 bits per heavy atom. The Morgan fingerprint density at radius 3 is 1.74 bits per heavy atom. The first-order chi connectivity index (χ1) is 8.25. The zero-order chi connectivity index (χ0) is 12.7. The van der Waals surface area contributed by atoms with E-state index in [0.717, 1.165) is 18.6 Å². The second-order valence-electron chi connectivity index (χ2n) is 3.58. The maximum absolute atomic E-state index is 7.00. The fourth-order valence-electron chi connectivity index (χ4n) is 1.32. The molecule has 0 fully saturated rings. The van der Waals surface area contributed by atoms with Crippen LogP contribution in [0.3, 0.4) is 0 Å². The van der Waals surface area contributed by atoms with Gasteiger partial charge < -0.3 is 17.3 Å². The fourth-order valence-corrected chi connectivity index (χ4v) is 1.32. The molecule has 0 bridgehead atoms. The Balaban J connectivity index is -0.0000000870. The standard InChI is InChI=1S/C14H13O.CH4O.CH3.5U/c1-11-8-9-14(10-12(11)2)15-13-6-4-3-5-7-13;1-2;;;;;;/h3-8,10H,1-2H3;2H,1H3;1H3;;;;;/q-1;;-1;;;;;. The molecule has 118 valence electrons. The van der Waals surface area contributed by atoms with Gasteiger partial charge in [-0.15, -0.1) is 12.1 Å². The van der Waals surface area contributed by atoms with Gasteiger partial charge in [0.25, 0.3) is 0 Å². The first kappa shape index (κ1) is 41.0. The number of ether oxygens (including phenoxy) is 1. The normalized spacial score (nSPS) is 6.78. The summed E-state index contributed by atoms with van der Waals surface area (Å²) in [5.74, 6) is 1.61. The molecule has 0 saturated heterocycles. The molecule has 0 aromatic heterocycles. The molecule has 1 N–H and O–H groups in total. The third-order valence-corrected chi connectivity index (χ3v) is 2.37. The largest absolute Gasteiger partial charge is 0.483 e. The van der Waals surface area contributed by atoms with Crippen LogP contribution < -0.4 is 4.74 Å². The predicted octanol–water partition coefficient (Wildman–Crippen LogP) is 3.95. The third kappa shape index (κ3) is 17.3. The van der Waals surface area contributed by atoms with E-state index in [0.29, 0.717) is 0 Å². The summed E-state index contributed by atoms with van der Waals surface area (Å²) >= 11 is 0. The van der Waals surface area contributed by atoms with Crippen molar-refractivity contribution >= 4 is 0 Å². The summed E-state index contributed by atoms with van der Waals surface area (Å²) in [5.41, 5.74) is 2.45. The van der Waals surface area contributed by atoms with Crippen molar-refractivity contribution in [3.63, 3.8) is 0 Å². The van der Waals surface area contributed by atoms with Gasteiger partial charge in [0, 0.05) is 168 Å². The fraction of sp³-hybridized carbons (Fsp3) is 0.188. The monoisotopic (exact) mass is 1430 g/mol.